The minimum atomic E-state index is -1.11. The zero-order chi connectivity index (χ0) is 12.4. The van der Waals surface area contributed by atoms with Gasteiger partial charge in [0.1, 0.15) is 6.17 Å². The van der Waals surface area contributed by atoms with Crippen LogP contribution in [-0.4, -0.2) is 47.5 Å². The highest BCUT2D eigenvalue weighted by Crippen LogP contribution is 2.07. The van der Waals surface area contributed by atoms with E-state index in [9.17, 15) is 9.59 Å². The van der Waals surface area contributed by atoms with Crippen molar-refractivity contribution in [2.75, 3.05) is 13.6 Å². The number of aliphatic carboxylic acids is 1. The van der Waals surface area contributed by atoms with Gasteiger partial charge in [-0.05, 0) is 12.1 Å². The van der Waals surface area contributed by atoms with Crippen LogP contribution in [0.4, 0.5) is 0 Å². The van der Waals surface area contributed by atoms with E-state index in [1.807, 2.05) is 0 Å². The second kappa shape index (κ2) is 4.28. The summed E-state index contributed by atoms with van der Waals surface area (Å²) < 4.78 is 4.92. The summed E-state index contributed by atoms with van der Waals surface area (Å²) in [5, 5.41) is 11.4. The maximum Gasteiger partial charge on any atom is 0.371 e. The van der Waals surface area contributed by atoms with Gasteiger partial charge in [0.05, 0.1) is 12.8 Å². The first-order valence-electron chi connectivity index (χ1n) is 4.94. The number of amides is 1. The van der Waals surface area contributed by atoms with Crippen LogP contribution >= 0.6 is 0 Å². The predicted molar refractivity (Wildman–Crippen MR) is 57.7 cm³/mol. The van der Waals surface area contributed by atoms with Gasteiger partial charge in [0, 0.05) is 7.05 Å². The molecule has 2 N–H and O–H groups in total. The first kappa shape index (κ1) is 11.2. The number of carboxylic acids is 1. The van der Waals surface area contributed by atoms with Crippen LogP contribution in [0, 0.1) is 0 Å². The molecule has 0 saturated heterocycles. The number of nitrogens with one attached hydrogen (secondary N) is 1. The molecule has 0 bridgehead atoms. The molecule has 0 spiro atoms. The third-order valence-electron chi connectivity index (χ3n) is 2.32. The molecule has 1 aromatic rings. The Labute approximate surface area is 96.7 Å². The van der Waals surface area contributed by atoms with E-state index in [1.54, 1.807) is 13.1 Å². The molecule has 0 fully saturated rings. The largest absolute Gasteiger partial charge is 0.475 e. The molecule has 1 amide bonds. The van der Waals surface area contributed by atoms with Crippen LogP contribution in [0.25, 0.3) is 0 Å². The molecule has 1 aliphatic rings. The van der Waals surface area contributed by atoms with E-state index in [2.05, 4.69) is 10.3 Å². The Bertz CT molecular complexity index is 466. The summed E-state index contributed by atoms with van der Waals surface area (Å²) >= 11 is 0. The molecule has 7 heteroatoms. The van der Waals surface area contributed by atoms with Gasteiger partial charge in [-0.15, -0.1) is 0 Å². The molecule has 2 rings (SSSR count). The fraction of sp³-hybridized carbons (Fsp3) is 0.300. The maximum atomic E-state index is 11.6. The second-order valence-corrected chi connectivity index (χ2v) is 3.60. The Hall–Kier alpha value is -2.31. The first-order valence-corrected chi connectivity index (χ1v) is 4.94. The monoisotopic (exact) mass is 237 g/mol. The van der Waals surface area contributed by atoms with Crippen LogP contribution in [0.15, 0.2) is 27.8 Å². The van der Waals surface area contributed by atoms with Crippen molar-refractivity contribution in [2.24, 2.45) is 4.99 Å². The highest BCUT2D eigenvalue weighted by Gasteiger charge is 2.28. The summed E-state index contributed by atoms with van der Waals surface area (Å²) in [5.74, 6) is -1.41. The minimum Gasteiger partial charge on any atom is -0.475 e. The van der Waals surface area contributed by atoms with Gasteiger partial charge in [0.25, 0.3) is 5.91 Å². The summed E-state index contributed by atoms with van der Waals surface area (Å²) in [5.41, 5.74) is 0. The van der Waals surface area contributed by atoms with E-state index in [0.29, 0.717) is 6.54 Å². The topological polar surface area (TPSA) is 95.1 Å². The lowest BCUT2D eigenvalue weighted by atomic mass is 10.4. The molecule has 1 unspecified atom stereocenters. The van der Waals surface area contributed by atoms with E-state index < -0.39 is 18.0 Å². The summed E-state index contributed by atoms with van der Waals surface area (Å²) in [6.45, 7) is 0.327. The van der Waals surface area contributed by atoms with Crippen molar-refractivity contribution in [3.63, 3.8) is 0 Å². The number of carbonyl (C=O) groups is 2. The summed E-state index contributed by atoms with van der Waals surface area (Å²) in [6, 6.07) is 3.12. The molecular formula is C10H11N3O4. The first-order chi connectivity index (χ1) is 8.08. The fourth-order valence-corrected chi connectivity index (χ4v) is 1.56. The van der Waals surface area contributed by atoms with E-state index in [-0.39, 0.29) is 11.6 Å². The Morgan fingerprint density at radius 2 is 2.41 bits per heavy atom. The number of amidine groups is 1. The molecule has 0 aliphatic carbocycles. The van der Waals surface area contributed by atoms with Crippen molar-refractivity contribution in [1.82, 2.24) is 10.2 Å². The smallest absolute Gasteiger partial charge is 0.371 e. The van der Waals surface area contributed by atoms with E-state index in [1.165, 1.54) is 17.2 Å². The lowest BCUT2D eigenvalue weighted by Crippen LogP contribution is -2.37. The number of nitrogens with zero attached hydrogens (tertiary/aromatic N) is 2. The van der Waals surface area contributed by atoms with Crippen molar-refractivity contribution in [1.29, 1.82) is 0 Å². The Morgan fingerprint density at radius 1 is 1.65 bits per heavy atom. The maximum absolute atomic E-state index is 11.6. The number of likely N-dealkylation sites (N-methyl/N-ethyl adjacent to an activating group) is 1. The third-order valence-corrected chi connectivity index (χ3v) is 2.32. The van der Waals surface area contributed by atoms with Gasteiger partial charge in [-0.1, -0.05) is 0 Å². The average Bonchev–Trinajstić information content (AvgIpc) is 2.86. The zero-order valence-corrected chi connectivity index (χ0v) is 9.08. The quantitative estimate of drug-likeness (QED) is 0.756. The summed E-state index contributed by atoms with van der Waals surface area (Å²) in [4.78, 5) is 27.7. The Morgan fingerprint density at radius 3 is 2.94 bits per heavy atom. The standard InChI is InChI=1S/C10H11N3O4/c1-13-5-7(11-8(13)10(15)16)12-9(14)6-3-2-4-17-6/h2-4,7H,5H2,1H3,(H,12,14)(H,15,16). The molecule has 1 aromatic heterocycles. The van der Waals surface area contributed by atoms with Gasteiger partial charge in [0.2, 0.25) is 5.84 Å². The van der Waals surface area contributed by atoms with Gasteiger partial charge in [-0.3, -0.25) is 4.79 Å². The number of carboxylic acid groups (broad SMARTS) is 1. The molecule has 0 aromatic carbocycles. The van der Waals surface area contributed by atoms with Crippen molar-refractivity contribution >= 4 is 17.7 Å². The molecule has 17 heavy (non-hydrogen) atoms. The Kier molecular flexibility index (Phi) is 2.82. The second-order valence-electron chi connectivity index (χ2n) is 3.60. The molecular weight excluding hydrogens is 226 g/mol. The van der Waals surface area contributed by atoms with Crippen molar-refractivity contribution in [2.45, 2.75) is 6.17 Å². The molecule has 0 radical (unpaired) electrons. The number of furan rings is 1. The number of hydrogen-bond donors (Lipinski definition) is 2. The molecule has 90 valence electrons. The molecule has 0 saturated carbocycles. The predicted octanol–water partition coefficient (Wildman–Crippen LogP) is -0.236. The minimum absolute atomic E-state index is 0.0604. The lowest BCUT2D eigenvalue weighted by molar-refractivity contribution is -0.130. The van der Waals surface area contributed by atoms with Crippen LogP contribution in [0.5, 0.6) is 0 Å². The number of hydrogen-bond acceptors (Lipinski definition) is 5. The highest BCUT2D eigenvalue weighted by molar-refractivity contribution is 6.34. The van der Waals surface area contributed by atoms with Crippen molar-refractivity contribution in [3.05, 3.63) is 24.2 Å². The number of aliphatic imine (C=N–C) groups is 1. The third kappa shape index (κ3) is 2.27. The van der Waals surface area contributed by atoms with Gasteiger partial charge in [-0.2, -0.15) is 0 Å². The van der Waals surface area contributed by atoms with Crippen LogP contribution in [0.3, 0.4) is 0 Å². The van der Waals surface area contributed by atoms with Crippen LogP contribution in [0.1, 0.15) is 10.6 Å². The van der Waals surface area contributed by atoms with Gasteiger partial charge < -0.3 is 19.7 Å². The molecule has 1 aliphatic heterocycles. The highest BCUT2D eigenvalue weighted by atomic mass is 16.4. The van der Waals surface area contributed by atoms with Gasteiger partial charge in [0.15, 0.2) is 5.76 Å². The summed E-state index contributed by atoms with van der Waals surface area (Å²) in [7, 11) is 1.60. The average molecular weight is 237 g/mol. The Balaban J connectivity index is 2.02. The van der Waals surface area contributed by atoms with Gasteiger partial charge >= 0.3 is 5.97 Å². The molecule has 7 nitrogen and oxygen atoms in total. The van der Waals surface area contributed by atoms with E-state index >= 15 is 0 Å². The zero-order valence-electron chi connectivity index (χ0n) is 9.08. The van der Waals surface area contributed by atoms with Crippen LogP contribution in [0.2, 0.25) is 0 Å². The molecule has 1 atom stereocenters. The summed E-state index contributed by atoms with van der Waals surface area (Å²) in [6.07, 6.45) is 0.824. The molecule has 2 heterocycles. The normalized spacial score (nSPS) is 19.0. The number of carbonyl (C=O) groups excluding carboxylic acids is 1. The van der Waals surface area contributed by atoms with Crippen LogP contribution in [-0.2, 0) is 4.79 Å². The van der Waals surface area contributed by atoms with Gasteiger partial charge in [-0.25, -0.2) is 9.79 Å². The lowest BCUT2D eigenvalue weighted by Gasteiger charge is -2.12. The van der Waals surface area contributed by atoms with E-state index in [0.717, 1.165) is 0 Å². The fourth-order valence-electron chi connectivity index (χ4n) is 1.56. The SMILES string of the molecule is CN1CC(NC(=O)c2ccco2)N=C1C(=O)O. The van der Waals surface area contributed by atoms with E-state index in [4.69, 9.17) is 9.52 Å². The van der Waals surface area contributed by atoms with Crippen molar-refractivity contribution in [3.8, 4) is 0 Å². The van der Waals surface area contributed by atoms with Crippen LogP contribution < -0.4 is 5.32 Å². The van der Waals surface area contributed by atoms with Crippen molar-refractivity contribution < 1.29 is 19.1 Å². The number of rotatable bonds is 3.